The molecule has 3 nitrogen and oxygen atoms in total. The minimum absolute atomic E-state index is 0.813. The lowest BCUT2D eigenvalue weighted by atomic mass is 10.1. The normalized spacial score (nSPS) is 10.9. The standard InChI is InChI=1S/C15H20BrN3/c1-4-12-5-7-13(8-6-12)9-17-10-14-15(16)11(2)18-19(14)3/h5-8,17H,4,9-10H2,1-3H3. The van der Waals surface area contributed by atoms with Gasteiger partial charge in [0.2, 0.25) is 0 Å². The van der Waals surface area contributed by atoms with Gasteiger partial charge in [0.15, 0.2) is 0 Å². The van der Waals surface area contributed by atoms with Crippen molar-refractivity contribution in [1.82, 2.24) is 15.1 Å². The van der Waals surface area contributed by atoms with E-state index >= 15 is 0 Å². The molecule has 0 aliphatic carbocycles. The van der Waals surface area contributed by atoms with E-state index in [-0.39, 0.29) is 0 Å². The summed E-state index contributed by atoms with van der Waals surface area (Å²) in [6.45, 7) is 5.88. The van der Waals surface area contributed by atoms with Crippen molar-refractivity contribution < 1.29 is 0 Å². The molecule has 1 aromatic heterocycles. The highest BCUT2D eigenvalue weighted by atomic mass is 79.9. The topological polar surface area (TPSA) is 29.9 Å². The van der Waals surface area contributed by atoms with Crippen LogP contribution in [0, 0.1) is 6.92 Å². The summed E-state index contributed by atoms with van der Waals surface area (Å²) in [7, 11) is 1.98. The van der Waals surface area contributed by atoms with Crippen molar-refractivity contribution in [3.8, 4) is 0 Å². The summed E-state index contributed by atoms with van der Waals surface area (Å²) < 4.78 is 3.02. The van der Waals surface area contributed by atoms with Crippen LogP contribution in [0.2, 0.25) is 0 Å². The Hall–Kier alpha value is -1.13. The fraction of sp³-hybridized carbons (Fsp3) is 0.400. The molecule has 2 rings (SSSR count). The molecule has 0 atom stereocenters. The molecule has 0 bridgehead atoms. The number of benzene rings is 1. The molecule has 0 aliphatic rings. The van der Waals surface area contributed by atoms with Crippen LogP contribution < -0.4 is 5.32 Å². The minimum atomic E-state index is 0.813. The SMILES string of the molecule is CCc1ccc(CNCc2c(Br)c(C)nn2C)cc1. The van der Waals surface area contributed by atoms with E-state index in [9.17, 15) is 0 Å². The number of rotatable bonds is 5. The van der Waals surface area contributed by atoms with Gasteiger partial charge in [0.25, 0.3) is 0 Å². The Labute approximate surface area is 123 Å². The largest absolute Gasteiger partial charge is 0.307 e. The molecule has 1 aromatic carbocycles. The Kier molecular flexibility index (Phi) is 4.77. The lowest BCUT2D eigenvalue weighted by molar-refractivity contribution is 0.623. The molecule has 0 radical (unpaired) electrons. The van der Waals surface area contributed by atoms with E-state index < -0.39 is 0 Å². The molecule has 0 amide bonds. The maximum absolute atomic E-state index is 4.39. The molecule has 0 spiro atoms. The van der Waals surface area contributed by atoms with Crippen LogP contribution in [0.3, 0.4) is 0 Å². The lowest BCUT2D eigenvalue weighted by Gasteiger charge is -2.07. The van der Waals surface area contributed by atoms with Crippen molar-refractivity contribution in [3.05, 3.63) is 51.3 Å². The number of nitrogens with zero attached hydrogens (tertiary/aromatic N) is 2. The van der Waals surface area contributed by atoms with E-state index in [1.807, 2.05) is 18.7 Å². The maximum Gasteiger partial charge on any atom is 0.0739 e. The zero-order valence-corrected chi connectivity index (χ0v) is 13.3. The van der Waals surface area contributed by atoms with Crippen LogP contribution in [-0.4, -0.2) is 9.78 Å². The van der Waals surface area contributed by atoms with Gasteiger partial charge in [-0.1, -0.05) is 31.2 Å². The van der Waals surface area contributed by atoms with Gasteiger partial charge in [-0.3, -0.25) is 4.68 Å². The molecule has 0 saturated carbocycles. The smallest absolute Gasteiger partial charge is 0.0739 e. The van der Waals surface area contributed by atoms with Gasteiger partial charge in [-0.2, -0.15) is 5.10 Å². The predicted molar refractivity (Wildman–Crippen MR) is 82.0 cm³/mol. The number of hydrogen-bond acceptors (Lipinski definition) is 2. The van der Waals surface area contributed by atoms with Crippen LogP contribution in [0.1, 0.15) is 29.4 Å². The highest BCUT2D eigenvalue weighted by Gasteiger charge is 2.09. The van der Waals surface area contributed by atoms with Crippen molar-refractivity contribution >= 4 is 15.9 Å². The van der Waals surface area contributed by atoms with Gasteiger partial charge in [0.05, 0.1) is 15.9 Å². The Morgan fingerprint density at radius 3 is 2.32 bits per heavy atom. The fourth-order valence-corrected chi connectivity index (χ4v) is 2.57. The van der Waals surface area contributed by atoms with Crippen molar-refractivity contribution in [3.63, 3.8) is 0 Å². The molecule has 4 heteroatoms. The molecular weight excluding hydrogens is 302 g/mol. The summed E-state index contributed by atoms with van der Waals surface area (Å²) in [5.74, 6) is 0. The summed E-state index contributed by atoms with van der Waals surface area (Å²) in [6, 6.07) is 8.77. The number of aryl methyl sites for hydroxylation is 3. The second-order valence-electron chi connectivity index (χ2n) is 4.74. The third kappa shape index (κ3) is 3.45. The lowest BCUT2D eigenvalue weighted by Crippen LogP contribution is -2.15. The van der Waals surface area contributed by atoms with Gasteiger partial charge in [0, 0.05) is 20.1 Å². The molecule has 1 heterocycles. The number of aromatic nitrogens is 2. The Balaban J connectivity index is 1.92. The first-order chi connectivity index (χ1) is 9.11. The zero-order chi connectivity index (χ0) is 13.8. The summed E-state index contributed by atoms with van der Waals surface area (Å²) in [5.41, 5.74) is 4.91. The molecule has 1 N–H and O–H groups in total. The van der Waals surface area contributed by atoms with Crippen LogP contribution in [0.15, 0.2) is 28.7 Å². The average molecular weight is 322 g/mol. The molecule has 0 unspecified atom stereocenters. The van der Waals surface area contributed by atoms with E-state index in [1.54, 1.807) is 0 Å². The van der Waals surface area contributed by atoms with E-state index in [0.717, 1.165) is 29.7 Å². The van der Waals surface area contributed by atoms with E-state index in [4.69, 9.17) is 0 Å². The molecule has 19 heavy (non-hydrogen) atoms. The number of halogens is 1. The monoisotopic (exact) mass is 321 g/mol. The summed E-state index contributed by atoms with van der Waals surface area (Å²) in [5, 5.41) is 7.85. The Morgan fingerprint density at radius 1 is 1.16 bits per heavy atom. The van der Waals surface area contributed by atoms with Crippen LogP contribution in [-0.2, 0) is 26.6 Å². The van der Waals surface area contributed by atoms with Crippen molar-refractivity contribution in [2.75, 3.05) is 0 Å². The van der Waals surface area contributed by atoms with Gasteiger partial charge in [0.1, 0.15) is 0 Å². The molecular formula is C15H20BrN3. The van der Waals surface area contributed by atoms with Gasteiger partial charge < -0.3 is 5.32 Å². The van der Waals surface area contributed by atoms with Crippen LogP contribution in [0.4, 0.5) is 0 Å². The third-order valence-corrected chi connectivity index (χ3v) is 4.35. The number of hydrogen-bond donors (Lipinski definition) is 1. The van der Waals surface area contributed by atoms with Gasteiger partial charge >= 0.3 is 0 Å². The fourth-order valence-electron chi connectivity index (χ4n) is 2.09. The van der Waals surface area contributed by atoms with Crippen LogP contribution in [0.25, 0.3) is 0 Å². The number of nitrogens with one attached hydrogen (secondary N) is 1. The van der Waals surface area contributed by atoms with E-state index in [1.165, 1.54) is 16.8 Å². The summed E-state index contributed by atoms with van der Waals surface area (Å²) >= 11 is 3.58. The maximum atomic E-state index is 4.39. The summed E-state index contributed by atoms with van der Waals surface area (Å²) in [4.78, 5) is 0. The molecule has 102 valence electrons. The minimum Gasteiger partial charge on any atom is -0.307 e. The van der Waals surface area contributed by atoms with Gasteiger partial charge in [-0.25, -0.2) is 0 Å². The first kappa shape index (κ1) is 14.3. The quantitative estimate of drug-likeness (QED) is 0.915. The molecule has 0 aliphatic heterocycles. The predicted octanol–water partition coefficient (Wildman–Crippen LogP) is 3.34. The van der Waals surface area contributed by atoms with Crippen LogP contribution in [0.5, 0.6) is 0 Å². The molecule has 0 saturated heterocycles. The first-order valence-corrected chi connectivity index (χ1v) is 7.37. The average Bonchev–Trinajstić information content (AvgIpc) is 2.66. The van der Waals surface area contributed by atoms with E-state index in [0.29, 0.717) is 0 Å². The Morgan fingerprint density at radius 2 is 1.79 bits per heavy atom. The van der Waals surface area contributed by atoms with Gasteiger partial charge in [-0.15, -0.1) is 0 Å². The summed E-state index contributed by atoms with van der Waals surface area (Å²) in [6.07, 6.45) is 1.09. The van der Waals surface area contributed by atoms with E-state index in [2.05, 4.69) is 57.5 Å². The van der Waals surface area contributed by atoms with Crippen molar-refractivity contribution in [1.29, 1.82) is 0 Å². The second-order valence-corrected chi connectivity index (χ2v) is 5.54. The second kappa shape index (κ2) is 6.35. The third-order valence-electron chi connectivity index (χ3n) is 3.31. The van der Waals surface area contributed by atoms with Crippen molar-refractivity contribution in [2.24, 2.45) is 7.05 Å². The van der Waals surface area contributed by atoms with Crippen molar-refractivity contribution in [2.45, 2.75) is 33.4 Å². The zero-order valence-electron chi connectivity index (χ0n) is 11.7. The Bertz CT molecular complexity index is 543. The highest BCUT2D eigenvalue weighted by Crippen LogP contribution is 2.19. The molecule has 0 fully saturated rings. The van der Waals surface area contributed by atoms with Crippen LogP contribution >= 0.6 is 15.9 Å². The van der Waals surface area contributed by atoms with Gasteiger partial charge in [-0.05, 0) is 40.4 Å². The first-order valence-electron chi connectivity index (χ1n) is 6.58. The highest BCUT2D eigenvalue weighted by molar-refractivity contribution is 9.10. The molecule has 2 aromatic rings.